The SMILES string of the molecule is CNCC(=O)Nc1cc(-c2ccc(C(=O)O)cc2)nn1-c1ccc(Br)cc1. The number of aromatic carboxylic acids is 1. The second-order valence-corrected chi connectivity index (χ2v) is 6.68. The lowest BCUT2D eigenvalue weighted by molar-refractivity contribution is -0.115. The molecule has 0 bridgehead atoms. The van der Waals surface area contributed by atoms with Crippen LogP contribution in [0.5, 0.6) is 0 Å². The molecular formula is C19H17BrN4O3. The maximum atomic E-state index is 12.0. The molecule has 3 N–H and O–H groups in total. The average Bonchev–Trinajstić information content (AvgIpc) is 3.06. The van der Waals surface area contributed by atoms with Crippen molar-refractivity contribution in [1.82, 2.24) is 15.1 Å². The van der Waals surface area contributed by atoms with Gasteiger partial charge < -0.3 is 15.7 Å². The molecule has 138 valence electrons. The van der Waals surface area contributed by atoms with Crippen molar-refractivity contribution < 1.29 is 14.7 Å². The quantitative estimate of drug-likeness (QED) is 0.560. The monoisotopic (exact) mass is 428 g/mol. The number of nitrogens with one attached hydrogen (secondary N) is 2. The summed E-state index contributed by atoms with van der Waals surface area (Å²) in [5, 5.41) is 19.3. The van der Waals surface area contributed by atoms with Gasteiger partial charge in [0.25, 0.3) is 0 Å². The number of nitrogens with zero attached hydrogens (tertiary/aromatic N) is 2. The van der Waals surface area contributed by atoms with E-state index in [9.17, 15) is 9.59 Å². The fraction of sp³-hybridized carbons (Fsp3) is 0.105. The Bertz CT molecular complexity index is 966. The molecule has 2 aromatic carbocycles. The van der Waals surface area contributed by atoms with Gasteiger partial charge in [-0.05, 0) is 43.4 Å². The molecule has 0 aliphatic heterocycles. The Balaban J connectivity index is 2.01. The number of amides is 1. The summed E-state index contributed by atoms with van der Waals surface area (Å²) in [6.45, 7) is 0.175. The van der Waals surface area contributed by atoms with Crippen molar-refractivity contribution in [1.29, 1.82) is 0 Å². The van der Waals surface area contributed by atoms with E-state index in [2.05, 4.69) is 31.7 Å². The highest BCUT2D eigenvalue weighted by molar-refractivity contribution is 9.10. The van der Waals surface area contributed by atoms with Crippen molar-refractivity contribution in [3.63, 3.8) is 0 Å². The van der Waals surface area contributed by atoms with Crippen LogP contribution in [0.3, 0.4) is 0 Å². The fourth-order valence-corrected chi connectivity index (χ4v) is 2.79. The van der Waals surface area contributed by atoms with Gasteiger partial charge in [-0.2, -0.15) is 5.10 Å². The lowest BCUT2D eigenvalue weighted by Crippen LogP contribution is -2.26. The number of likely N-dealkylation sites (N-methyl/N-ethyl adjacent to an activating group) is 1. The highest BCUT2D eigenvalue weighted by Gasteiger charge is 2.14. The van der Waals surface area contributed by atoms with Crippen LogP contribution < -0.4 is 10.6 Å². The van der Waals surface area contributed by atoms with E-state index in [0.717, 1.165) is 15.7 Å². The predicted molar refractivity (Wildman–Crippen MR) is 106 cm³/mol. The maximum Gasteiger partial charge on any atom is 0.335 e. The van der Waals surface area contributed by atoms with Crippen molar-refractivity contribution in [2.45, 2.75) is 0 Å². The van der Waals surface area contributed by atoms with Crippen molar-refractivity contribution >= 4 is 33.6 Å². The summed E-state index contributed by atoms with van der Waals surface area (Å²) in [6, 6.07) is 15.7. The third kappa shape index (κ3) is 4.42. The molecule has 1 aromatic heterocycles. The number of anilines is 1. The van der Waals surface area contributed by atoms with Crippen LogP contribution in [0.25, 0.3) is 16.9 Å². The highest BCUT2D eigenvalue weighted by Crippen LogP contribution is 2.26. The molecule has 0 aliphatic carbocycles. The Hall–Kier alpha value is -2.97. The smallest absolute Gasteiger partial charge is 0.335 e. The Morgan fingerprint density at radius 1 is 1.11 bits per heavy atom. The molecule has 27 heavy (non-hydrogen) atoms. The van der Waals surface area contributed by atoms with Crippen LogP contribution in [0.4, 0.5) is 5.82 Å². The molecule has 0 radical (unpaired) electrons. The van der Waals surface area contributed by atoms with Crippen LogP contribution in [-0.4, -0.2) is 40.4 Å². The normalized spacial score (nSPS) is 10.6. The Kier molecular flexibility index (Phi) is 5.68. The van der Waals surface area contributed by atoms with Gasteiger partial charge in [0, 0.05) is 16.1 Å². The first-order chi connectivity index (χ1) is 13.0. The molecule has 1 amide bonds. The summed E-state index contributed by atoms with van der Waals surface area (Å²) in [5.74, 6) is -0.652. The van der Waals surface area contributed by atoms with Gasteiger partial charge in [0.1, 0.15) is 5.82 Å². The maximum absolute atomic E-state index is 12.0. The Morgan fingerprint density at radius 2 is 1.78 bits per heavy atom. The van der Waals surface area contributed by atoms with E-state index in [1.807, 2.05) is 24.3 Å². The molecule has 0 spiro atoms. The van der Waals surface area contributed by atoms with E-state index in [0.29, 0.717) is 11.5 Å². The lowest BCUT2D eigenvalue weighted by atomic mass is 10.1. The lowest BCUT2D eigenvalue weighted by Gasteiger charge is -2.08. The fourth-order valence-electron chi connectivity index (χ4n) is 2.52. The second-order valence-electron chi connectivity index (χ2n) is 5.76. The number of aromatic nitrogens is 2. The summed E-state index contributed by atoms with van der Waals surface area (Å²) >= 11 is 3.40. The van der Waals surface area contributed by atoms with Crippen molar-refractivity contribution in [3.05, 3.63) is 64.6 Å². The van der Waals surface area contributed by atoms with Gasteiger partial charge in [-0.15, -0.1) is 0 Å². The number of carbonyl (C=O) groups is 2. The molecular weight excluding hydrogens is 412 g/mol. The summed E-state index contributed by atoms with van der Waals surface area (Å²) in [5.41, 5.74) is 2.36. The third-order valence-corrected chi connectivity index (χ3v) is 4.34. The summed E-state index contributed by atoms with van der Waals surface area (Å²) < 4.78 is 2.57. The summed E-state index contributed by atoms with van der Waals surface area (Å²) in [7, 11) is 1.70. The number of carboxylic acids is 1. The molecule has 0 atom stereocenters. The van der Waals surface area contributed by atoms with Crippen LogP contribution >= 0.6 is 15.9 Å². The zero-order valence-electron chi connectivity index (χ0n) is 14.4. The minimum absolute atomic E-state index is 0.175. The van der Waals surface area contributed by atoms with E-state index >= 15 is 0 Å². The van der Waals surface area contributed by atoms with Crippen molar-refractivity contribution in [2.24, 2.45) is 0 Å². The molecule has 0 saturated heterocycles. The average molecular weight is 429 g/mol. The number of carboxylic acid groups (broad SMARTS) is 1. The van der Waals surface area contributed by atoms with Gasteiger partial charge in [0.15, 0.2) is 0 Å². The van der Waals surface area contributed by atoms with Crippen LogP contribution in [-0.2, 0) is 4.79 Å². The molecule has 3 rings (SSSR count). The first-order valence-electron chi connectivity index (χ1n) is 8.12. The summed E-state index contributed by atoms with van der Waals surface area (Å²) in [6.07, 6.45) is 0. The molecule has 1 heterocycles. The van der Waals surface area contributed by atoms with Gasteiger partial charge in [-0.3, -0.25) is 4.79 Å². The molecule has 0 saturated carbocycles. The van der Waals surface area contributed by atoms with Gasteiger partial charge >= 0.3 is 5.97 Å². The number of rotatable bonds is 6. The number of benzene rings is 2. The Morgan fingerprint density at radius 3 is 2.37 bits per heavy atom. The van der Waals surface area contributed by atoms with Crippen molar-refractivity contribution in [3.8, 4) is 16.9 Å². The second kappa shape index (κ2) is 8.15. The first-order valence-corrected chi connectivity index (χ1v) is 8.91. The molecule has 0 fully saturated rings. The van der Waals surface area contributed by atoms with Crippen molar-refractivity contribution in [2.75, 3.05) is 18.9 Å². The van der Waals surface area contributed by atoms with Crippen LogP contribution in [0.1, 0.15) is 10.4 Å². The van der Waals surface area contributed by atoms with Gasteiger partial charge in [0.2, 0.25) is 5.91 Å². The van der Waals surface area contributed by atoms with Crippen LogP contribution in [0.2, 0.25) is 0 Å². The van der Waals surface area contributed by atoms with E-state index in [4.69, 9.17) is 5.11 Å². The predicted octanol–water partition coefficient (Wildman–Crippen LogP) is 3.16. The van der Waals surface area contributed by atoms with E-state index in [1.165, 1.54) is 12.1 Å². The van der Waals surface area contributed by atoms with E-state index in [-0.39, 0.29) is 18.0 Å². The number of carbonyl (C=O) groups excluding carboxylic acids is 1. The molecule has 0 aliphatic rings. The topological polar surface area (TPSA) is 96.2 Å². The standard InChI is InChI=1S/C19H17BrN4O3/c1-21-11-18(25)22-17-10-16(12-2-4-13(5-3-12)19(26)27)23-24(17)15-8-6-14(20)7-9-15/h2-10,21H,11H2,1H3,(H,22,25)(H,26,27). The van der Waals surface area contributed by atoms with Crippen LogP contribution in [0, 0.1) is 0 Å². The van der Waals surface area contributed by atoms with Gasteiger partial charge in [0.05, 0.1) is 23.5 Å². The third-order valence-electron chi connectivity index (χ3n) is 3.81. The summed E-state index contributed by atoms with van der Waals surface area (Å²) in [4.78, 5) is 23.1. The van der Waals surface area contributed by atoms with E-state index < -0.39 is 5.97 Å². The number of halogens is 1. The van der Waals surface area contributed by atoms with Gasteiger partial charge in [-0.1, -0.05) is 28.1 Å². The minimum atomic E-state index is -0.984. The molecule has 0 unspecified atom stereocenters. The zero-order chi connectivity index (χ0) is 19.4. The minimum Gasteiger partial charge on any atom is -0.478 e. The van der Waals surface area contributed by atoms with E-state index in [1.54, 1.807) is 29.9 Å². The molecule has 3 aromatic rings. The number of hydrogen-bond donors (Lipinski definition) is 3. The first kappa shape index (κ1) is 18.8. The molecule has 7 nitrogen and oxygen atoms in total. The van der Waals surface area contributed by atoms with Gasteiger partial charge in [-0.25, -0.2) is 9.48 Å². The largest absolute Gasteiger partial charge is 0.478 e. The molecule has 8 heteroatoms. The zero-order valence-corrected chi connectivity index (χ0v) is 16.0. The number of hydrogen-bond acceptors (Lipinski definition) is 4. The van der Waals surface area contributed by atoms with Crippen LogP contribution in [0.15, 0.2) is 59.1 Å². The highest BCUT2D eigenvalue weighted by atomic mass is 79.9. The Labute approximate surface area is 164 Å².